The second kappa shape index (κ2) is 9.60. The zero-order chi connectivity index (χ0) is 12.4. The molecule has 4 heteroatoms. The van der Waals surface area contributed by atoms with Crippen LogP contribution >= 0.6 is 0 Å². The molecule has 0 bridgehead atoms. The van der Waals surface area contributed by atoms with Crippen LogP contribution in [-0.2, 0) is 9.53 Å². The standard InChI is InChI=1S/C12H25NO3/c1-4-16-12(15)11(3)8-13-7-5-6-10(2)9-14/h10-11,13-14H,4-9H2,1-3H3. The average molecular weight is 231 g/mol. The molecule has 4 nitrogen and oxygen atoms in total. The van der Waals surface area contributed by atoms with Crippen molar-refractivity contribution in [3.8, 4) is 0 Å². The highest BCUT2D eigenvalue weighted by Crippen LogP contribution is 2.03. The summed E-state index contributed by atoms with van der Waals surface area (Å²) in [7, 11) is 0. The lowest BCUT2D eigenvalue weighted by Gasteiger charge is -2.12. The van der Waals surface area contributed by atoms with Gasteiger partial charge in [-0.25, -0.2) is 0 Å². The Bertz CT molecular complexity index is 185. The first-order valence-corrected chi connectivity index (χ1v) is 6.10. The number of nitrogens with one attached hydrogen (secondary N) is 1. The van der Waals surface area contributed by atoms with Gasteiger partial charge in [0.25, 0.3) is 0 Å². The van der Waals surface area contributed by atoms with Gasteiger partial charge in [-0.15, -0.1) is 0 Å². The Morgan fingerprint density at radius 2 is 2.12 bits per heavy atom. The molecule has 2 N–H and O–H groups in total. The molecule has 0 amide bonds. The first-order valence-electron chi connectivity index (χ1n) is 6.10. The van der Waals surface area contributed by atoms with Gasteiger partial charge >= 0.3 is 5.97 Å². The Kier molecular flexibility index (Phi) is 9.24. The van der Waals surface area contributed by atoms with Crippen LogP contribution in [0, 0.1) is 11.8 Å². The number of carbonyl (C=O) groups is 1. The van der Waals surface area contributed by atoms with Crippen molar-refractivity contribution in [3.63, 3.8) is 0 Å². The fourth-order valence-corrected chi connectivity index (χ4v) is 1.35. The third-order valence-electron chi connectivity index (χ3n) is 2.50. The van der Waals surface area contributed by atoms with Gasteiger partial charge in [0.1, 0.15) is 0 Å². The predicted octanol–water partition coefficient (Wildman–Crippen LogP) is 1.18. The molecule has 0 aromatic rings. The third-order valence-corrected chi connectivity index (χ3v) is 2.50. The molecule has 0 aliphatic heterocycles. The molecule has 0 heterocycles. The monoisotopic (exact) mass is 231 g/mol. The fraction of sp³-hybridized carbons (Fsp3) is 0.917. The fourth-order valence-electron chi connectivity index (χ4n) is 1.35. The van der Waals surface area contributed by atoms with Crippen molar-refractivity contribution >= 4 is 5.97 Å². The Morgan fingerprint density at radius 1 is 1.44 bits per heavy atom. The number of rotatable bonds is 9. The molecule has 0 fully saturated rings. The quantitative estimate of drug-likeness (QED) is 0.462. The van der Waals surface area contributed by atoms with E-state index in [1.165, 1.54) is 0 Å². The zero-order valence-electron chi connectivity index (χ0n) is 10.7. The molecule has 0 radical (unpaired) electrons. The molecule has 2 atom stereocenters. The summed E-state index contributed by atoms with van der Waals surface area (Å²) < 4.78 is 4.90. The minimum absolute atomic E-state index is 0.0878. The Labute approximate surface area is 98.4 Å². The summed E-state index contributed by atoms with van der Waals surface area (Å²) in [5, 5.41) is 12.1. The van der Waals surface area contributed by atoms with E-state index < -0.39 is 0 Å². The smallest absolute Gasteiger partial charge is 0.309 e. The first kappa shape index (κ1) is 15.4. The largest absolute Gasteiger partial charge is 0.466 e. The zero-order valence-corrected chi connectivity index (χ0v) is 10.7. The second-order valence-electron chi connectivity index (χ2n) is 4.29. The molecule has 0 aromatic carbocycles. The third kappa shape index (κ3) is 7.65. The van der Waals surface area contributed by atoms with Gasteiger partial charge in [0, 0.05) is 13.2 Å². The maximum Gasteiger partial charge on any atom is 0.309 e. The van der Waals surface area contributed by atoms with Crippen molar-refractivity contribution in [1.82, 2.24) is 5.32 Å². The van der Waals surface area contributed by atoms with E-state index in [0.29, 0.717) is 19.1 Å². The lowest BCUT2D eigenvalue weighted by molar-refractivity contribution is -0.147. The van der Waals surface area contributed by atoms with Gasteiger partial charge in [0.15, 0.2) is 0 Å². The van der Waals surface area contributed by atoms with Crippen LogP contribution in [0.4, 0.5) is 0 Å². The SMILES string of the molecule is CCOC(=O)C(C)CNCCCC(C)CO. The van der Waals surface area contributed by atoms with Crippen LogP contribution < -0.4 is 5.32 Å². The van der Waals surface area contributed by atoms with Gasteiger partial charge in [0.05, 0.1) is 12.5 Å². The van der Waals surface area contributed by atoms with Gasteiger partial charge in [-0.05, 0) is 32.2 Å². The number of hydrogen-bond donors (Lipinski definition) is 2. The van der Waals surface area contributed by atoms with E-state index in [9.17, 15) is 4.79 Å². The number of esters is 1. The highest BCUT2D eigenvalue weighted by atomic mass is 16.5. The van der Waals surface area contributed by atoms with Gasteiger partial charge in [-0.3, -0.25) is 4.79 Å². The molecule has 2 unspecified atom stereocenters. The minimum Gasteiger partial charge on any atom is -0.466 e. The highest BCUT2D eigenvalue weighted by Gasteiger charge is 2.12. The van der Waals surface area contributed by atoms with Crippen LogP contribution in [0.25, 0.3) is 0 Å². The lowest BCUT2D eigenvalue weighted by Crippen LogP contribution is -2.28. The number of ether oxygens (including phenoxy) is 1. The summed E-state index contributed by atoms with van der Waals surface area (Å²) in [4.78, 5) is 11.3. The predicted molar refractivity (Wildman–Crippen MR) is 64.2 cm³/mol. The van der Waals surface area contributed by atoms with E-state index in [2.05, 4.69) is 5.32 Å². The van der Waals surface area contributed by atoms with E-state index in [4.69, 9.17) is 9.84 Å². The Balaban J connectivity index is 3.40. The molecule has 0 saturated heterocycles. The molecule has 0 aromatic heterocycles. The van der Waals surface area contributed by atoms with Crippen LogP contribution in [0.5, 0.6) is 0 Å². The van der Waals surface area contributed by atoms with E-state index in [1.807, 2.05) is 20.8 Å². The highest BCUT2D eigenvalue weighted by molar-refractivity contribution is 5.72. The van der Waals surface area contributed by atoms with Crippen molar-refractivity contribution in [1.29, 1.82) is 0 Å². The number of hydrogen-bond acceptors (Lipinski definition) is 4. The Hall–Kier alpha value is -0.610. The molecule has 0 rings (SSSR count). The van der Waals surface area contributed by atoms with Gasteiger partial charge in [-0.1, -0.05) is 13.8 Å². The topological polar surface area (TPSA) is 58.6 Å². The van der Waals surface area contributed by atoms with Crippen molar-refractivity contribution in [3.05, 3.63) is 0 Å². The molecule has 16 heavy (non-hydrogen) atoms. The molecule has 96 valence electrons. The maximum absolute atomic E-state index is 11.3. The van der Waals surface area contributed by atoms with Crippen LogP contribution in [0.15, 0.2) is 0 Å². The Morgan fingerprint density at radius 3 is 2.69 bits per heavy atom. The van der Waals surface area contributed by atoms with Crippen LogP contribution in [0.3, 0.4) is 0 Å². The van der Waals surface area contributed by atoms with Crippen LogP contribution in [0.1, 0.15) is 33.6 Å². The molecule has 0 saturated carbocycles. The van der Waals surface area contributed by atoms with Crippen molar-refractivity contribution in [2.75, 3.05) is 26.3 Å². The maximum atomic E-state index is 11.3. The van der Waals surface area contributed by atoms with Gasteiger partial charge in [0.2, 0.25) is 0 Å². The lowest BCUT2D eigenvalue weighted by atomic mass is 10.1. The summed E-state index contributed by atoms with van der Waals surface area (Å²) in [6, 6.07) is 0. The van der Waals surface area contributed by atoms with Crippen molar-refractivity contribution < 1.29 is 14.6 Å². The normalized spacial score (nSPS) is 14.5. The number of aliphatic hydroxyl groups is 1. The van der Waals surface area contributed by atoms with E-state index in [1.54, 1.807) is 0 Å². The number of aliphatic hydroxyl groups excluding tert-OH is 1. The summed E-state index contributed by atoms with van der Waals surface area (Å²) in [6.45, 7) is 7.94. The summed E-state index contributed by atoms with van der Waals surface area (Å²) in [5.74, 6) is 0.137. The molecule has 0 spiro atoms. The van der Waals surface area contributed by atoms with Crippen LogP contribution in [-0.4, -0.2) is 37.4 Å². The van der Waals surface area contributed by atoms with Crippen molar-refractivity contribution in [2.45, 2.75) is 33.6 Å². The molecular formula is C12H25NO3. The van der Waals surface area contributed by atoms with Crippen molar-refractivity contribution in [2.24, 2.45) is 11.8 Å². The average Bonchev–Trinajstić information content (AvgIpc) is 2.28. The molecule has 0 aliphatic rings. The minimum atomic E-state index is -0.140. The van der Waals surface area contributed by atoms with Gasteiger partial charge in [-0.2, -0.15) is 0 Å². The second-order valence-corrected chi connectivity index (χ2v) is 4.29. The van der Waals surface area contributed by atoms with Gasteiger partial charge < -0.3 is 15.2 Å². The molecule has 0 aliphatic carbocycles. The summed E-state index contributed by atoms with van der Waals surface area (Å²) in [6.07, 6.45) is 2.04. The summed E-state index contributed by atoms with van der Waals surface area (Å²) in [5.41, 5.74) is 0. The van der Waals surface area contributed by atoms with E-state index in [0.717, 1.165) is 19.4 Å². The molecular weight excluding hydrogens is 206 g/mol. The van der Waals surface area contributed by atoms with E-state index in [-0.39, 0.29) is 18.5 Å². The van der Waals surface area contributed by atoms with Crippen LogP contribution in [0.2, 0.25) is 0 Å². The summed E-state index contributed by atoms with van der Waals surface area (Å²) >= 11 is 0. The first-order chi connectivity index (χ1) is 7.61. The van der Waals surface area contributed by atoms with E-state index >= 15 is 0 Å². The number of carbonyl (C=O) groups excluding carboxylic acids is 1.